The van der Waals surface area contributed by atoms with E-state index in [1.165, 1.54) is 11.1 Å². The first-order valence-electron chi connectivity index (χ1n) is 5.80. The standard InChI is InChI=1S/C13H21ClN2/c1-4-9(2)7-13(16-15)11-5-10(3)6-12(14)8-11/h5-6,8-9,13,16H,4,7,15H2,1-3H3. The lowest BCUT2D eigenvalue weighted by Gasteiger charge is -2.20. The molecule has 1 rings (SSSR count). The molecule has 1 aromatic carbocycles. The van der Waals surface area contributed by atoms with Crippen molar-refractivity contribution in [1.29, 1.82) is 0 Å². The van der Waals surface area contributed by atoms with Crippen LogP contribution in [0.5, 0.6) is 0 Å². The first-order valence-corrected chi connectivity index (χ1v) is 6.17. The molecule has 0 saturated heterocycles. The third-order valence-corrected chi connectivity index (χ3v) is 3.22. The molecule has 3 N–H and O–H groups in total. The zero-order valence-electron chi connectivity index (χ0n) is 10.3. The predicted molar refractivity (Wildman–Crippen MR) is 70.3 cm³/mol. The lowest BCUT2D eigenvalue weighted by atomic mass is 9.94. The maximum atomic E-state index is 6.05. The summed E-state index contributed by atoms with van der Waals surface area (Å²) in [4.78, 5) is 0. The summed E-state index contributed by atoms with van der Waals surface area (Å²) < 4.78 is 0. The van der Waals surface area contributed by atoms with Crippen molar-refractivity contribution < 1.29 is 0 Å². The highest BCUT2D eigenvalue weighted by atomic mass is 35.5. The Hall–Kier alpha value is -0.570. The van der Waals surface area contributed by atoms with E-state index >= 15 is 0 Å². The monoisotopic (exact) mass is 240 g/mol. The van der Waals surface area contributed by atoms with Crippen molar-refractivity contribution in [3.8, 4) is 0 Å². The summed E-state index contributed by atoms with van der Waals surface area (Å²) in [5.41, 5.74) is 5.23. The molecule has 0 amide bonds. The fraction of sp³-hybridized carbons (Fsp3) is 0.538. The van der Waals surface area contributed by atoms with E-state index in [1.54, 1.807) is 0 Å². The van der Waals surface area contributed by atoms with Crippen LogP contribution in [0.2, 0.25) is 5.02 Å². The van der Waals surface area contributed by atoms with Gasteiger partial charge in [-0.1, -0.05) is 37.9 Å². The van der Waals surface area contributed by atoms with Gasteiger partial charge in [0.05, 0.1) is 0 Å². The van der Waals surface area contributed by atoms with Crippen molar-refractivity contribution in [2.24, 2.45) is 11.8 Å². The van der Waals surface area contributed by atoms with Crippen molar-refractivity contribution in [2.45, 2.75) is 39.7 Å². The molecule has 0 bridgehead atoms. The van der Waals surface area contributed by atoms with E-state index in [1.807, 2.05) is 19.1 Å². The number of hydrogen-bond acceptors (Lipinski definition) is 2. The van der Waals surface area contributed by atoms with E-state index in [2.05, 4.69) is 25.3 Å². The quantitative estimate of drug-likeness (QED) is 0.610. The van der Waals surface area contributed by atoms with Crippen molar-refractivity contribution >= 4 is 11.6 Å². The average Bonchev–Trinajstić information content (AvgIpc) is 2.24. The van der Waals surface area contributed by atoms with Gasteiger partial charge in [0.1, 0.15) is 0 Å². The number of nitrogens with two attached hydrogens (primary N) is 1. The largest absolute Gasteiger partial charge is 0.271 e. The molecule has 0 radical (unpaired) electrons. The Kier molecular flexibility index (Phi) is 5.26. The highest BCUT2D eigenvalue weighted by Crippen LogP contribution is 2.25. The fourth-order valence-electron chi connectivity index (χ4n) is 1.84. The van der Waals surface area contributed by atoms with Crippen LogP contribution in [0.25, 0.3) is 0 Å². The summed E-state index contributed by atoms with van der Waals surface area (Å²) in [7, 11) is 0. The Bertz CT molecular complexity index is 318. The van der Waals surface area contributed by atoms with Gasteiger partial charge in [-0.3, -0.25) is 11.3 Å². The van der Waals surface area contributed by atoms with Crippen LogP contribution in [0.4, 0.5) is 0 Å². The second-order valence-electron chi connectivity index (χ2n) is 4.53. The first kappa shape index (κ1) is 13.5. The predicted octanol–water partition coefficient (Wildman–Crippen LogP) is 3.59. The molecule has 2 unspecified atom stereocenters. The highest BCUT2D eigenvalue weighted by Gasteiger charge is 2.13. The summed E-state index contributed by atoms with van der Waals surface area (Å²) in [6.07, 6.45) is 2.20. The highest BCUT2D eigenvalue weighted by molar-refractivity contribution is 6.30. The second kappa shape index (κ2) is 6.24. The topological polar surface area (TPSA) is 38.0 Å². The summed E-state index contributed by atoms with van der Waals surface area (Å²) in [5.74, 6) is 6.27. The molecule has 3 heteroatoms. The van der Waals surface area contributed by atoms with Crippen LogP contribution in [-0.2, 0) is 0 Å². The Morgan fingerprint density at radius 2 is 2.06 bits per heavy atom. The van der Waals surface area contributed by atoms with E-state index in [4.69, 9.17) is 17.4 Å². The lowest BCUT2D eigenvalue weighted by Crippen LogP contribution is -2.29. The number of nitrogens with one attached hydrogen (secondary N) is 1. The number of rotatable bonds is 5. The maximum Gasteiger partial charge on any atom is 0.0463 e. The molecule has 90 valence electrons. The van der Waals surface area contributed by atoms with Gasteiger partial charge in [-0.2, -0.15) is 0 Å². The maximum absolute atomic E-state index is 6.05. The molecule has 2 atom stereocenters. The van der Waals surface area contributed by atoms with Crippen molar-refractivity contribution in [3.63, 3.8) is 0 Å². The van der Waals surface area contributed by atoms with Gasteiger partial charge in [0, 0.05) is 11.1 Å². The van der Waals surface area contributed by atoms with Gasteiger partial charge in [0.15, 0.2) is 0 Å². The van der Waals surface area contributed by atoms with Crippen LogP contribution in [0.1, 0.15) is 43.9 Å². The van der Waals surface area contributed by atoms with Crippen LogP contribution in [-0.4, -0.2) is 0 Å². The van der Waals surface area contributed by atoms with E-state index in [0.29, 0.717) is 5.92 Å². The third-order valence-electron chi connectivity index (χ3n) is 3.00. The van der Waals surface area contributed by atoms with Crippen LogP contribution in [0.3, 0.4) is 0 Å². The van der Waals surface area contributed by atoms with Gasteiger partial charge in [0.2, 0.25) is 0 Å². The summed E-state index contributed by atoms with van der Waals surface area (Å²) in [5, 5.41) is 0.777. The molecule has 0 fully saturated rings. The zero-order valence-corrected chi connectivity index (χ0v) is 11.0. The molecule has 0 heterocycles. The van der Waals surface area contributed by atoms with Crippen LogP contribution in [0, 0.1) is 12.8 Å². The SMILES string of the molecule is CCC(C)CC(NN)c1cc(C)cc(Cl)c1. The van der Waals surface area contributed by atoms with Crippen molar-refractivity contribution in [2.75, 3.05) is 0 Å². The van der Waals surface area contributed by atoms with Gasteiger partial charge < -0.3 is 0 Å². The molecule has 0 aliphatic carbocycles. The molecular formula is C13H21ClN2. The van der Waals surface area contributed by atoms with Gasteiger partial charge >= 0.3 is 0 Å². The number of aryl methyl sites for hydroxylation is 1. The molecule has 1 aromatic rings. The molecule has 0 aliphatic heterocycles. The molecule has 0 aromatic heterocycles. The molecule has 0 aliphatic rings. The van der Waals surface area contributed by atoms with Gasteiger partial charge in [-0.15, -0.1) is 0 Å². The second-order valence-corrected chi connectivity index (χ2v) is 4.97. The molecule has 2 nitrogen and oxygen atoms in total. The zero-order chi connectivity index (χ0) is 12.1. The van der Waals surface area contributed by atoms with E-state index < -0.39 is 0 Å². The summed E-state index contributed by atoms with van der Waals surface area (Å²) in [6.45, 7) is 6.48. The Balaban J connectivity index is 2.86. The van der Waals surface area contributed by atoms with Crippen LogP contribution < -0.4 is 11.3 Å². The van der Waals surface area contributed by atoms with E-state index in [0.717, 1.165) is 17.9 Å². The van der Waals surface area contributed by atoms with E-state index in [9.17, 15) is 0 Å². The molecular weight excluding hydrogens is 220 g/mol. The minimum absolute atomic E-state index is 0.187. The third kappa shape index (κ3) is 3.78. The Morgan fingerprint density at radius 3 is 2.56 bits per heavy atom. The number of halogens is 1. The van der Waals surface area contributed by atoms with Gasteiger partial charge in [-0.25, -0.2) is 0 Å². The Morgan fingerprint density at radius 1 is 1.38 bits per heavy atom. The normalized spacial score (nSPS) is 14.8. The minimum Gasteiger partial charge on any atom is -0.271 e. The molecule has 0 spiro atoms. The molecule has 16 heavy (non-hydrogen) atoms. The van der Waals surface area contributed by atoms with Crippen LogP contribution >= 0.6 is 11.6 Å². The lowest BCUT2D eigenvalue weighted by molar-refractivity contribution is 0.407. The number of hydrogen-bond donors (Lipinski definition) is 2. The number of benzene rings is 1. The fourth-order valence-corrected chi connectivity index (χ4v) is 2.13. The molecule has 0 saturated carbocycles. The smallest absolute Gasteiger partial charge is 0.0463 e. The number of hydrazine groups is 1. The summed E-state index contributed by atoms with van der Waals surface area (Å²) >= 11 is 6.05. The summed E-state index contributed by atoms with van der Waals surface area (Å²) in [6, 6.07) is 6.27. The minimum atomic E-state index is 0.187. The first-order chi connectivity index (χ1) is 7.56. The van der Waals surface area contributed by atoms with Crippen LogP contribution in [0.15, 0.2) is 18.2 Å². The average molecular weight is 241 g/mol. The van der Waals surface area contributed by atoms with Crippen molar-refractivity contribution in [1.82, 2.24) is 5.43 Å². The van der Waals surface area contributed by atoms with Gasteiger partial charge in [-0.05, 0) is 42.5 Å². The Labute approximate surface area is 103 Å². The van der Waals surface area contributed by atoms with E-state index in [-0.39, 0.29) is 6.04 Å². The van der Waals surface area contributed by atoms with Crippen molar-refractivity contribution in [3.05, 3.63) is 34.3 Å². The van der Waals surface area contributed by atoms with Gasteiger partial charge in [0.25, 0.3) is 0 Å².